The Morgan fingerprint density at radius 3 is 2.65 bits per heavy atom. The smallest absolute Gasteiger partial charge is 0.239 e. The van der Waals surface area contributed by atoms with Crippen molar-refractivity contribution in [1.82, 2.24) is 9.97 Å². The number of hydrogen-bond donors (Lipinski definition) is 1. The minimum Gasteiger partial charge on any atom is -0.301 e. The molecule has 1 aliphatic heterocycles. The van der Waals surface area contributed by atoms with E-state index in [-0.39, 0.29) is 34.8 Å². The van der Waals surface area contributed by atoms with Crippen LogP contribution in [0, 0.1) is 11.8 Å². The number of anilines is 2. The summed E-state index contributed by atoms with van der Waals surface area (Å²) in [5.41, 5.74) is 1.41. The number of thiazole rings is 2. The van der Waals surface area contributed by atoms with Crippen LogP contribution in [-0.4, -0.2) is 32.9 Å². The van der Waals surface area contributed by atoms with Crippen molar-refractivity contribution < 1.29 is 14.4 Å². The highest BCUT2D eigenvalue weighted by molar-refractivity contribution is 8.02. The lowest BCUT2D eigenvalue weighted by atomic mass is 9.81. The van der Waals surface area contributed by atoms with E-state index in [1.54, 1.807) is 12.3 Å². The summed E-state index contributed by atoms with van der Waals surface area (Å²) in [6.45, 7) is 1.83. The van der Waals surface area contributed by atoms with Gasteiger partial charge in [0.2, 0.25) is 17.7 Å². The monoisotopic (exact) mass is 472 g/mol. The lowest BCUT2D eigenvalue weighted by Gasteiger charge is -2.19. The third-order valence-corrected chi connectivity index (χ3v) is 8.66. The number of fused-ring (bicyclic) bond motifs is 2. The number of rotatable bonds is 5. The molecule has 31 heavy (non-hydrogen) atoms. The van der Waals surface area contributed by atoms with Crippen LogP contribution in [0.15, 0.2) is 34.1 Å². The van der Waals surface area contributed by atoms with Crippen molar-refractivity contribution in [3.8, 4) is 0 Å². The number of nitrogens with zero attached hydrogens (tertiary/aromatic N) is 3. The number of carbonyl (C=O) groups is 3. The topological polar surface area (TPSA) is 92.3 Å². The molecule has 0 spiro atoms. The van der Waals surface area contributed by atoms with Crippen LogP contribution in [-0.2, 0) is 14.4 Å². The second-order valence-corrected chi connectivity index (χ2v) is 11.2. The van der Waals surface area contributed by atoms with Gasteiger partial charge in [0.25, 0.3) is 0 Å². The zero-order valence-corrected chi connectivity index (χ0v) is 19.2. The summed E-state index contributed by atoms with van der Waals surface area (Å²) in [4.78, 5) is 48.2. The van der Waals surface area contributed by atoms with Gasteiger partial charge in [-0.3, -0.25) is 19.3 Å². The summed E-state index contributed by atoms with van der Waals surface area (Å²) in [5.74, 6) is -0.597. The molecule has 2 fully saturated rings. The highest BCUT2D eigenvalue weighted by Gasteiger charge is 2.48. The summed E-state index contributed by atoms with van der Waals surface area (Å²) >= 11 is 4.22. The summed E-state index contributed by atoms with van der Waals surface area (Å²) in [5, 5.41) is 4.84. The van der Waals surface area contributed by atoms with Crippen molar-refractivity contribution in [3.63, 3.8) is 0 Å². The van der Waals surface area contributed by atoms with Gasteiger partial charge in [-0.05, 0) is 38.0 Å². The predicted molar refractivity (Wildman–Crippen MR) is 124 cm³/mol. The zero-order valence-electron chi connectivity index (χ0n) is 16.7. The third-order valence-electron chi connectivity index (χ3n) is 5.76. The highest BCUT2D eigenvalue weighted by atomic mass is 32.2. The molecule has 160 valence electrons. The fourth-order valence-corrected chi connectivity index (χ4v) is 6.97. The van der Waals surface area contributed by atoms with Gasteiger partial charge in [0.1, 0.15) is 0 Å². The van der Waals surface area contributed by atoms with Crippen molar-refractivity contribution in [2.24, 2.45) is 11.8 Å². The van der Waals surface area contributed by atoms with Crippen molar-refractivity contribution in [2.75, 3.05) is 10.2 Å². The van der Waals surface area contributed by atoms with Crippen molar-refractivity contribution in [2.45, 2.75) is 42.2 Å². The number of benzene rings is 1. The zero-order chi connectivity index (χ0) is 21.5. The Morgan fingerprint density at radius 1 is 1.23 bits per heavy atom. The molecule has 7 nitrogen and oxygen atoms in total. The molecule has 3 aromatic rings. The first-order chi connectivity index (χ1) is 15.0. The lowest BCUT2D eigenvalue weighted by Crippen LogP contribution is -2.30. The van der Waals surface area contributed by atoms with Gasteiger partial charge in [0.05, 0.1) is 33.0 Å². The van der Waals surface area contributed by atoms with Crippen LogP contribution < -0.4 is 10.2 Å². The molecule has 3 atom stereocenters. The molecular weight excluding hydrogens is 452 g/mol. The molecule has 3 amide bonds. The van der Waals surface area contributed by atoms with E-state index in [1.165, 1.54) is 39.3 Å². The number of aromatic nitrogens is 2. The van der Waals surface area contributed by atoms with Crippen LogP contribution in [0.5, 0.6) is 0 Å². The Morgan fingerprint density at radius 2 is 1.97 bits per heavy atom. The summed E-state index contributed by atoms with van der Waals surface area (Å²) in [7, 11) is 0. The minimum absolute atomic E-state index is 0.0688. The largest absolute Gasteiger partial charge is 0.301 e. The highest BCUT2D eigenvalue weighted by Crippen LogP contribution is 2.41. The first kappa shape index (κ1) is 20.6. The number of imide groups is 1. The van der Waals surface area contributed by atoms with E-state index >= 15 is 0 Å². The van der Waals surface area contributed by atoms with Crippen molar-refractivity contribution in [3.05, 3.63) is 29.8 Å². The maximum absolute atomic E-state index is 12.9. The average Bonchev–Trinajstić information content (AvgIpc) is 3.47. The van der Waals surface area contributed by atoms with E-state index in [9.17, 15) is 14.4 Å². The summed E-state index contributed by atoms with van der Waals surface area (Å²) < 4.78 is 1.66. The summed E-state index contributed by atoms with van der Waals surface area (Å²) in [6, 6.07) is 5.50. The fourth-order valence-electron chi connectivity index (χ4n) is 4.20. The Balaban J connectivity index is 1.34. The molecule has 0 unspecified atom stereocenters. The molecule has 1 aromatic carbocycles. The Hall–Kier alpha value is -2.30. The molecular formula is C21H20N4O3S3. The molecule has 1 saturated carbocycles. The van der Waals surface area contributed by atoms with Crippen molar-refractivity contribution in [1.29, 1.82) is 0 Å². The molecule has 1 N–H and O–H groups in total. The normalized spacial score (nSPS) is 22.0. The predicted octanol–water partition coefficient (Wildman–Crippen LogP) is 4.55. The molecule has 3 heterocycles. The van der Waals surface area contributed by atoms with E-state index in [0.717, 1.165) is 40.2 Å². The van der Waals surface area contributed by atoms with Crippen LogP contribution in [0.2, 0.25) is 0 Å². The van der Waals surface area contributed by atoms with Crippen LogP contribution in [0.1, 0.15) is 32.6 Å². The van der Waals surface area contributed by atoms with Gasteiger partial charge < -0.3 is 5.32 Å². The number of thioether (sulfide) groups is 1. The van der Waals surface area contributed by atoms with E-state index in [0.29, 0.717) is 10.8 Å². The second-order valence-electron chi connectivity index (χ2n) is 7.73. The van der Waals surface area contributed by atoms with Crippen molar-refractivity contribution >= 4 is 73.2 Å². The minimum atomic E-state index is -0.339. The molecule has 2 aromatic heterocycles. The van der Waals surface area contributed by atoms with Gasteiger partial charge in [-0.15, -0.1) is 22.7 Å². The summed E-state index contributed by atoms with van der Waals surface area (Å²) in [6.07, 6.45) is 5.27. The van der Waals surface area contributed by atoms with Gasteiger partial charge in [0.15, 0.2) is 9.47 Å². The Kier molecular flexibility index (Phi) is 5.53. The maximum atomic E-state index is 12.9. The molecule has 1 aliphatic carbocycles. The number of hydrogen-bond acceptors (Lipinski definition) is 8. The van der Waals surface area contributed by atoms with E-state index in [2.05, 4.69) is 15.3 Å². The van der Waals surface area contributed by atoms with Crippen LogP contribution >= 0.6 is 34.4 Å². The quantitative estimate of drug-likeness (QED) is 0.433. The molecule has 5 rings (SSSR count). The van der Waals surface area contributed by atoms with Gasteiger partial charge in [-0.1, -0.05) is 24.6 Å². The first-order valence-corrected chi connectivity index (χ1v) is 12.7. The average molecular weight is 473 g/mol. The maximum Gasteiger partial charge on any atom is 0.239 e. The fraction of sp³-hybridized carbons (Fsp3) is 0.381. The third kappa shape index (κ3) is 3.88. The molecule has 0 bridgehead atoms. The van der Waals surface area contributed by atoms with Gasteiger partial charge in [-0.2, -0.15) is 0 Å². The molecule has 2 aliphatic rings. The second kappa shape index (κ2) is 8.33. The SMILES string of the molecule is C[C@H](Sc1nc2ccc(N3C(=O)[C@H]4CCCC[C@H]4C3=O)cc2s1)C(=O)Nc1nccs1. The molecule has 10 heteroatoms. The number of carbonyl (C=O) groups excluding carboxylic acids is 3. The Labute approximate surface area is 191 Å². The van der Waals surface area contributed by atoms with E-state index in [4.69, 9.17) is 0 Å². The standard InChI is InChI=1S/C21H20N4O3S3/c1-11(17(26)24-20-22-8-9-29-20)30-21-23-15-7-6-12(10-16(15)31-21)25-18(27)13-4-2-3-5-14(13)19(25)28/h6-11,13-14H,2-5H2,1H3,(H,22,24,26)/t11-,13-,14+/m0/s1. The Bertz CT molecular complexity index is 1140. The lowest BCUT2D eigenvalue weighted by molar-refractivity contribution is -0.122. The molecule has 0 radical (unpaired) electrons. The van der Waals surface area contributed by atoms with Gasteiger partial charge in [0, 0.05) is 11.6 Å². The molecule has 1 saturated heterocycles. The van der Waals surface area contributed by atoms with E-state index < -0.39 is 0 Å². The number of amides is 3. The van der Waals surface area contributed by atoms with Crippen LogP contribution in [0.4, 0.5) is 10.8 Å². The van der Waals surface area contributed by atoms with Gasteiger partial charge >= 0.3 is 0 Å². The van der Waals surface area contributed by atoms with Crippen LogP contribution in [0.25, 0.3) is 10.2 Å². The number of nitrogens with one attached hydrogen (secondary N) is 1. The van der Waals surface area contributed by atoms with Gasteiger partial charge in [-0.25, -0.2) is 9.97 Å². The van der Waals surface area contributed by atoms with E-state index in [1.807, 2.05) is 24.4 Å². The van der Waals surface area contributed by atoms with Crippen LogP contribution in [0.3, 0.4) is 0 Å². The first-order valence-electron chi connectivity index (χ1n) is 10.2.